The lowest BCUT2D eigenvalue weighted by Crippen LogP contribution is -2.17. The molecule has 0 saturated heterocycles. The first kappa shape index (κ1) is 20.5. The lowest BCUT2D eigenvalue weighted by molar-refractivity contribution is 0.273. The summed E-state index contributed by atoms with van der Waals surface area (Å²) in [6, 6.07) is 0. The fraction of sp³-hybridized carbons (Fsp3) is 0.952. The lowest BCUT2D eigenvalue weighted by atomic mass is 9.99. The quantitative estimate of drug-likeness (QED) is 0.318. The van der Waals surface area contributed by atoms with Crippen LogP contribution in [0, 0.1) is 5.92 Å². The zero-order chi connectivity index (χ0) is 17.0. The highest BCUT2D eigenvalue weighted by Gasteiger charge is 2.25. The van der Waals surface area contributed by atoms with Crippen molar-refractivity contribution in [1.29, 1.82) is 0 Å². The largest absolute Gasteiger partial charge is 0.478 e. The monoisotopic (exact) mass is 323 g/mol. The average Bonchev–Trinajstić information content (AvgIpc) is 2.87. The summed E-state index contributed by atoms with van der Waals surface area (Å²) in [5.41, 5.74) is 0.0178. The molecule has 0 bridgehead atoms. The van der Waals surface area contributed by atoms with Gasteiger partial charge in [-0.1, -0.05) is 84.5 Å². The summed E-state index contributed by atoms with van der Waals surface area (Å²) in [5, 5.41) is 0. The number of rotatable bonds is 14. The standard InChI is InChI=1S/C21H41NO/c1-5-19(2)16-14-12-10-8-6-7-9-11-13-15-17-20-22-21(3,4)18-23-20/h19H,5-18H2,1-4H3. The summed E-state index contributed by atoms with van der Waals surface area (Å²) in [6.45, 7) is 9.74. The van der Waals surface area contributed by atoms with Gasteiger partial charge in [-0.05, 0) is 26.2 Å². The Bertz CT molecular complexity index is 322. The Morgan fingerprint density at radius 1 is 0.913 bits per heavy atom. The van der Waals surface area contributed by atoms with E-state index in [-0.39, 0.29) is 5.54 Å². The molecular formula is C21H41NO. The van der Waals surface area contributed by atoms with Crippen LogP contribution >= 0.6 is 0 Å². The second-order valence-electron chi connectivity index (χ2n) is 8.19. The molecule has 2 heteroatoms. The van der Waals surface area contributed by atoms with Crippen molar-refractivity contribution in [2.45, 2.75) is 117 Å². The Hall–Kier alpha value is -0.530. The third-order valence-corrected chi connectivity index (χ3v) is 5.05. The Balaban J connectivity index is 1.79. The van der Waals surface area contributed by atoms with Gasteiger partial charge in [0.25, 0.3) is 0 Å². The van der Waals surface area contributed by atoms with Crippen LogP contribution < -0.4 is 0 Å². The van der Waals surface area contributed by atoms with Gasteiger partial charge in [-0.15, -0.1) is 0 Å². The second kappa shape index (κ2) is 11.9. The van der Waals surface area contributed by atoms with Crippen LogP contribution in [0.3, 0.4) is 0 Å². The minimum atomic E-state index is 0.0178. The SMILES string of the molecule is CCC(C)CCCCCCCCCCCCC1=NC(C)(C)CO1. The summed E-state index contributed by atoms with van der Waals surface area (Å²) in [5.74, 6) is 1.93. The molecular weight excluding hydrogens is 282 g/mol. The van der Waals surface area contributed by atoms with Crippen molar-refractivity contribution in [2.75, 3.05) is 6.61 Å². The molecule has 1 heterocycles. The Kier molecular flexibility index (Phi) is 10.6. The van der Waals surface area contributed by atoms with Gasteiger partial charge in [-0.3, -0.25) is 0 Å². The van der Waals surface area contributed by atoms with E-state index in [2.05, 4.69) is 32.7 Å². The molecule has 1 aliphatic heterocycles. The molecule has 23 heavy (non-hydrogen) atoms. The van der Waals surface area contributed by atoms with E-state index in [0.29, 0.717) is 0 Å². The van der Waals surface area contributed by atoms with Gasteiger partial charge in [0.1, 0.15) is 6.61 Å². The van der Waals surface area contributed by atoms with E-state index >= 15 is 0 Å². The zero-order valence-electron chi connectivity index (χ0n) is 16.3. The van der Waals surface area contributed by atoms with Gasteiger partial charge in [0.15, 0.2) is 5.90 Å². The van der Waals surface area contributed by atoms with Crippen LogP contribution in [-0.4, -0.2) is 18.0 Å². The van der Waals surface area contributed by atoms with Gasteiger partial charge in [-0.2, -0.15) is 0 Å². The van der Waals surface area contributed by atoms with Crippen LogP contribution in [0.5, 0.6) is 0 Å². The van der Waals surface area contributed by atoms with E-state index in [9.17, 15) is 0 Å². The van der Waals surface area contributed by atoms with Crippen LogP contribution in [0.1, 0.15) is 111 Å². The molecule has 136 valence electrons. The fourth-order valence-corrected chi connectivity index (χ4v) is 3.18. The minimum absolute atomic E-state index is 0.0178. The van der Waals surface area contributed by atoms with E-state index in [4.69, 9.17) is 4.74 Å². The third-order valence-electron chi connectivity index (χ3n) is 5.05. The molecule has 2 nitrogen and oxygen atoms in total. The van der Waals surface area contributed by atoms with Gasteiger partial charge >= 0.3 is 0 Å². The van der Waals surface area contributed by atoms with E-state index in [1.165, 1.54) is 77.0 Å². The molecule has 0 aromatic carbocycles. The topological polar surface area (TPSA) is 21.6 Å². The van der Waals surface area contributed by atoms with E-state index in [1.807, 2.05) is 0 Å². The van der Waals surface area contributed by atoms with E-state index in [1.54, 1.807) is 0 Å². The number of aliphatic imine (C=N–C) groups is 1. The molecule has 1 atom stereocenters. The predicted molar refractivity (Wildman–Crippen MR) is 102 cm³/mol. The Morgan fingerprint density at radius 2 is 1.43 bits per heavy atom. The summed E-state index contributed by atoms with van der Waals surface area (Å²) in [7, 11) is 0. The zero-order valence-corrected chi connectivity index (χ0v) is 16.3. The molecule has 1 unspecified atom stereocenters. The molecule has 0 amide bonds. The molecule has 0 spiro atoms. The molecule has 0 aromatic heterocycles. The summed E-state index contributed by atoms with van der Waals surface area (Å²) in [6.07, 6.45) is 17.8. The van der Waals surface area contributed by atoms with Gasteiger partial charge in [0.05, 0.1) is 5.54 Å². The molecule has 0 saturated carbocycles. The molecule has 0 N–H and O–H groups in total. The van der Waals surface area contributed by atoms with E-state index in [0.717, 1.165) is 24.8 Å². The number of unbranched alkanes of at least 4 members (excludes halogenated alkanes) is 9. The summed E-state index contributed by atoms with van der Waals surface area (Å²) < 4.78 is 5.63. The highest BCUT2D eigenvalue weighted by atomic mass is 16.5. The van der Waals surface area contributed by atoms with Gasteiger partial charge in [-0.25, -0.2) is 4.99 Å². The van der Waals surface area contributed by atoms with Crippen LogP contribution in [0.2, 0.25) is 0 Å². The molecule has 0 aliphatic carbocycles. The van der Waals surface area contributed by atoms with Crippen molar-refractivity contribution in [1.82, 2.24) is 0 Å². The van der Waals surface area contributed by atoms with Crippen molar-refractivity contribution >= 4 is 5.90 Å². The van der Waals surface area contributed by atoms with Crippen LogP contribution in [0.25, 0.3) is 0 Å². The van der Waals surface area contributed by atoms with Crippen molar-refractivity contribution in [3.05, 3.63) is 0 Å². The highest BCUT2D eigenvalue weighted by molar-refractivity contribution is 5.78. The first-order valence-corrected chi connectivity index (χ1v) is 10.2. The van der Waals surface area contributed by atoms with Crippen molar-refractivity contribution < 1.29 is 4.74 Å². The Morgan fingerprint density at radius 3 is 1.91 bits per heavy atom. The summed E-state index contributed by atoms with van der Waals surface area (Å²) >= 11 is 0. The van der Waals surface area contributed by atoms with Gasteiger partial charge in [0.2, 0.25) is 0 Å². The maximum absolute atomic E-state index is 5.63. The first-order chi connectivity index (χ1) is 11.0. The van der Waals surface area contributed by atoms with Gasteiger partial charge in [0, 0.05) is 6.42 Å². The lowest BCUT2D eigenvalue weighted by Gasteiger charge is -2.07. The molecule has 1 aliphatic rings. The van der Waals surface area contributed by atoms with Crippen molar-refractivity contribution in [3.63, 3.8) is 0 Å². The fourth-order valence-electron chi connectivity index (χ4n) is 3.18. The second-order valence-corrected chi connectivity index (χ2v) is 8.19. The van der Waals surface area contributed by atoms with Crippen LogP contribution in [0.4, 0.5) is 0 Å². The van der Waals surface area contributed by atoms with Crippen LogP contribution in [0.15, 0.2) is 4.99 Å². The van der Waals surface area contributed by atoms with Crippen LogP contribution in [-0.2, 0) is 4.74 Å². The maximum Gasteiger partial charge on any atom is 0.183 e. The van der Waals surface area contributed by atoms with Crippen molar-refractivity contribution in [2.24, 2.45) is 10.9 Å². The van der Waals surface area contributed by atoms with E-state index < -0.39 is 0 Å². The normalized spacial score (nSPS) is 17.8. The molecule has 0 fully saturated rings. The van der Waals surface area contributed by atoms with Gasteiger partial charge < -0.3 is 4.74 Å². The molecule has 0 radical (unpaired) electrons. The first-order valence-electron chi connectivity index (χ1n) is 10.2. The minimum Gasteiger partial charge on any atom is -0.478 e. The average molecular weight is 324 g/mol. The molecule has 1 rings (SSSR count). The number of hydrogen-bond donors (Lipinski definition) is 0. The number of nitrogens with zero attached hydrogens (tertiary/aromatic N) is 1. The summed E-state index contributed by atoms with van der Waals surface area (Å²) in [4.78, 5) is 4.61. The maximum atomic E-state index is 5.63. The number of hydrogen-bond acceptors (Lipinski definition) is 2. The highest BCUT2D eigenvalue weighted by Crippen LogP contribution is 2.20. The smallest absolute Gasteiger partial charge is 0.183 e. The predicted octanol–water partition coefficient (Wildman–Crippen LogP) is 6.92. The number of ether oxygens (including phenoxy) is 1. The Labute approximate surface area is 145 Å². The third kappa shape index (κ3) is 10.8. The van der Waals surface area contributed by atoms with Crippen molar-refractivity contribution in [3.8, 4) is 0 Å². The molecule has 0 aromatic rings.